The van der Waals surface area contributed by atoms with Crippen molar-refractivity contribution in [3.8, 4) is 0 Å². The fraction of sp³-hybridized carbons (Fsp3) is 0.765. The lowest BCUT2D eigenvalue weighted by Gasteiger charge is -2.30. The van der Waals surface area contributed by atoms with Crippen LogP contribution in [0.3, 0.4) is 0 Å². The van der Waals surface area contributed by atoms with E-state index in [-0.39, 0.29) is 0 Å². The zero-order valence-electron chi connectivity index (χ0n) is 13.0. The van der Waals surface area contributed by atoms with Crippen LogP contribution in [0.15, 0.2) is 6.07 Å². The number of hydrogen-bond donors (Lipinski definition) is 1. The van der Waals surface area contributed by atoms with Crippen molar-refractivity contribution in [2.75, 3.05) is 23.8 Å². The highest BCUT2D eigenvalue weighted by Gasteiger charge is 2.35. The maximum absolute atomic E-state index is 4.92. The van der Waals surface area contributed by atoms with E-state index < -0.39 is 0 Å². The summed E-state index contributed by atoms with van der Waals surface area (Å²) < 4.78 is 0. The molecule has 1 saturated heterocycles. The smallest absolute Gasteiger partial charge is 0.136 e. The minimum atomic E-state index is 0.615. The molecule has 0 amide bonds. The van der Waals surface area contributed by atoms with E-state index in [4.69, 9.17) is 4.98 Å². The Balaban J connectivity index is 1.62. The molecule has 3 aliphatic rings. The molecule has 3 fully saturated rings. The Morgan fingerprint density at radius 2 is 1.86 bits per heavy atom. The van der Waals surface area contributed by atoms with Gasteiger partial charge in [0, 0.05) is 31.6 Å². The molecular weight excluding hydrogens is 260 g/mol. The zero-order chi connectivity index (χ0) is 14.2. The highest BCUT2D eigenvalue weighted by Crippen LogP contribution is 2.41. The molecule has 114 valence electrons. The van der Waals surface area contributed by atoms with Gasteiger partial charge in [0.1, 0.15) is 17.5 Å². The third-order valence-electron chi connectivity index (χ3n) is 5.47. The quantitative estimate of drug-likeness (QED) is 0.919. The second-order valence-electron chi connectivity index (χ2n) is 6.94. The zero-order valence-corrected chi connectivity index (χ0v) is 13.0. The van der Waals surface area contributed by atoms with Gasteiger partial charge in [-0.1, -0.05) is 12.8 Å². The van der Waals surface area contributed by atoms with E-state index in [9.17, 15) is 0 Å². The first-order valence-electron chi connectivity index (χ1n) is 8.68. The summed E-state index contributed by atoms with van der Waals surface area (Å²) in [5.41, 5.74) is 0. The summed E-state index contributed by atoms with van der Waals surface area (Å²) in [6, 6.07) is 2.87. The Labute approximate surface area is 127 Å². The maximum Gasteiger partial charge on any atom is 0.136 e. The standard InChI is InChI=1S/C17H26N4/c1-18-15-11-16(20-17(19-15)13-8-9-13)21-10-4-7-14(21)12-5-2-3-6-12/h11-14H,2-10H2,1H3,(H,18,19,20). The molecule has 0 spiro atoms. The molecule has 2 aliphatic carbocycles. The van der Waals surface area contributed by atoms with E-state index >= 15 is 0 Å². The predicted octanol–water partition coefficient (Wildman–Crippen LogP) is 3.55. The van der Waals surface area contributed by atoms with Crippen LogP contribution in [0.2, 0.25) is 0 Å². The van der Waals surface area contributed by atoms with Crippen molar-refractivity contribution in [1.82, 2.24) is 9.97 Å². The number of nitrogens with one attached hydrogen (secondary N) is 1. The number of hydrogen-bond acceptors (Lipinski definition) is 4. The van der Waals surface area contributed by atoms with E-state index in [1.807, 2.05) is 7.05 Å². The van der Waals surface area contributed by atoms with Crippen LogP contribution in [-0.2, 0) is 0 Å². The van der Waals surface area contributed by atoms with Crippen molar-refractivity contribution in [3.05, 3.63) is 11.9 Å². The third-order valence-corrected chi connectivity index (χ3v) is 5.47. The highest BCUT2D eigenvalue weighted by molar-refractivity contribution is 5.51. The second-order valence-corrected chi connectivity index (χ2v) is 6.94. The van der Waals surface area contributed by atoms with Crippen LogP contribution in [0.25, 0.3) is 0 Å². The van der Waals surface area contributed by atoms with Crippen molar-refractivity contribution >= 4 is 11.6 Å². The molecule has 1 aromatic rings. The monoisotopic (exact) mass is 286 g/mol. The minimum Gasteiger partial charge on any atom is -0.373 e. The van der Waals surface area contributed by atoms with Gasteiger partial charge >= 0.3 is 0 Å². The fourth-order valence-corrected chi connectivity index (χ4v) is 4.16. The Bertz CT molecular complexity index is 506. The van der Waals surface area contributed by atoms with Gasteiger partial charge in [0.15, 0.2) is 0 Å². The van der Waals surface area contributed by atoms with Crippen LogP contribution >= 0.6 is 0 Å². The molecule has 1 N–H and O–H groups in total. The van der Waals surface area contributed by atoms with Gasteiger partial charge in [-0.3, -0.25) is 0 Å². The Morgan fingerprint density at radius 1 is 1.05 bits per heavy atom. The molecule has 21 heavy (non-hydrogen) atoms. The summed E-state index contributed by atoms with van der Waals surface area (Å²) in [4.78, 5) is 12.2. The van der Waals surface area contributed by atoms with Crippen molar-refractivity contribution in [2.24, 2.45) is 5.92 Å². The lowest BCUT2D eigenvalue weighted by Crippen LogP contribution is -2.35. The van der Waals surface area contributed by atoms with Crippen LogP contribution in [0.4, 0.5) is 11.6 Å². The van der Waals surface area contributed by atoms with Crippen molar-refractivity contribution in [3.63, 3.8) is 0 Å². The first kappa shape index (κ1) is 13.4. The van der Waals surface area contributed by atoms with Gasteiger partial charge in [0.2, 0.25) is 0 Å². The minimum absolute atomic E-state index is 0.615. The van der Waals surface area contributed by atoms with Gasteiger partial charge in [-0.25, -0.2) is 9.97 Å². The van der Waals surface area contributed by atoms with Gasteiger partial charge in [-0.15, -0.1) is 0 Å². The summed E-state index contributed by atoms with van der Waals surface area (Å²) >= 11 is 0. The maximum atomic E-state index is 4.92. The van der Waals surface area contributed by atoms with Gasteiger partial charge in [-0.05, 0) is 44.4 Å². The Hall–Kier alpha value is -1.32. The molecule has 1 aromatic heterocycles. The van der Waals surface area contributed by atoms with Crippen molar-refractivity contribution in [2.45, 2.75) is 63.3 Å². The fourth-order valence-electron chi connectivity index (χ4n) is 4.16. The first-order chi connectivity index (χ1) is 10.3. The summed E-state index contributed by atoms with van der Waals surface area (Å²) in [5.74, 6) is 4.73. The summed E-state index contributed by atoms with van der Waals surface area (Å²) in [6.07, 6.45) is 10.9. The van der Waals surface area contributed by atoms with E-state index in [1.54, 1.807) is 0 Å². The van der Waals surface area contributed by atoms with Gasteiger partial charge < -0.3 is 10.2 Å². The van der Waals surface area contributed by atoms with Crippen LogP contribution in [0.5, 0.6) is 0 Å². The lowest BCUT2D eigenvalue weighted by molar-refractivity contribution is 0.429. The summed E-state index contributed by atoms with van der Waals surface area (Å²) in [6.45, 7) is 1.17. The second kappa shape index (κ2) is 5.47. The molecule has 1 aliphatic heterocycles. The predicted molar refractivity (Wildman–Crippen MR) is 85.9 cm³/mol. The van der Waals surface area contributed by atoms with Crippen LogP contribution < -0.4 is 10.2 Å². The Morgan fingerprint density at radius 3 is 2.57 bits per heavy atom. The van der Waals surface area contributed by atoms with Crippen LogP contribution in [0, 0.1) is 5.92 Å². The molecule has 4 rings (SSSR count). The molecule has 2 heterocycles. The molecule has 0 aromatic carbocycles. The van der Waals surface area contributed by atoms with Crippen molar-refractivity contribution < 1.29 is 0 Å². The SMILES string of the molecule is CNc1cc(N2CCCC2C2CCCC2)nc(C2CC2)n1. The molecule has 1 atom stereocenters. The Kier molecular flexibility index (Phi) is 3.48. The lowest BCUT2D eigenvalue weighted by atomic mass is 9.96. The van der Waals surface area contributed by atoms with Gasteiger partial charge in [-0.2, -0.15) is 0 Å². The molecule has 2 saturated carbocycles. The number of anilines is 2. The van der Waals surface area contributed by atoms with E-state index in [1.165, 1.54) is 63.7 Å². The molecule has 4 heteroatoms. The van der Waals surface area contributed by atoms with Gasteiger partial charge in [0.05, 0.1) is 0 Å². The third kappa shape index (κ3) is 2.60. The summed E-state index contributed by atoms with van der Waals surface area (Å²) in [7, 11) is 1.96. The number of aromatic nitrogens is 2. The average Bonchev–Trinajstić information content (AvgIpc) is 3.03. The molecule has 0 bridgehead atoms. The van der Waals surface area contributed by atoms with Crippen LogP contribution in [0.1, 0.15) is 63.1 Å². The average molecular weight is 286 g/mol. The number of rotatable bonds is 4. The molecule has 4 nitrogen and oxygen atoms in total. The largest absolute Gasteiger partial charge is 0.373 e. The first-order valence-corrected chi connectivity index (χ1v) is 8.68. The van der Waals surface area contributed by atoms with E-state index in [0.29, 0.717) is 5.92 Å². The molecule has 0 radical (unpaired) electrons. The molecular formula is C17H26N4. The summed E-state index contributed by atoms with van der Waals surface area (Å²) in [5, 5.41) is 3.22. The highest BCUT2D eigenvalue weighted by atomic mass is 15.2. The normalized spacial score (nSPS) is 26.5. The van der Waals surface area contributed by atoms with Gasteiger partial charge in [0.25, 0.3) is 0 Å². The number of nitrogens with zero attached hydrogens (tertiary/aromatic N) is 3. The van der Waals surface area contributed by atoms with E-state index in [0.717, 1.165) is 23.6 Å². The topological polar surface area (TPSA) is 41.0 Å². The van der Waals surface area contributed by atoms with Crippen LogP contribution in [-0.4, -0.2) is 29.6 Å². The molecule has 1 unspecified atom stereocenters. The van der Waals surface area contributed by atoms with Crippen molar-refractivity contribution in [1.29, 1.82) is 0 Å². The van der Waals surface area contributed by atoms with E-state index in [2.05, 4.69) is 21.3 Å².